The monoisotopic (exact) mass is 538 g/mol. The number of aryl methyl sites for hydroxylation is 2. The normalized spacial score (nSPS) is 19.2. The number of nitrogens with zero attached hydrogens (tertiary/aromatic N) is 4. The number of carbonyl (C=O) groups is 2. The van der Waals surface area contributed by atoms with Gasteiger partial charge in [-0.2, -0.15) is 4.99 Å². The van der Waals surface area contributed by atoms with E-state index in [0.29, 0.717) is 35.9 Å². The number of amides is 2. The summed E-state index contributed by atoms with van der Waals surface area (Å²) >= 11 is 6.25. The molecule has 0 radical (unpaired) electrons. The largest absolute Gasteiger partial charge is 0.488 e. The van der Waals surface area contributed by atoms with E-state index in [0.717, 1.165) is 42.5 Å². The predicted octanol–water partition coefficient (Wildman–Crippen LogP) is 4.50. The number of aliphatic imine (C=N–C) groups is 2. The SMILES string of the molecule is Cn1nc(OC(F)(F)Cl)cc1N=C=N[C@H]1CCc2sc(NC(=O)C3CC3)c(C(=O)NCC3CC3)c2C1. The summed E-state index contributed by atoms with van der Waals surface area (Å²) in [6.07, 6.45) is 5.98. The van der Waals surface area contributed by atoms with Gasteiger partial charge in [0.05, 0.1) is 17.6 Å². The highest BCUT2D eigenvalue weighted by Gasteiger charge is 2.34. The number of anilines is 1. The molecule has 3 aliphatic carbocycles. The lowest BCUT2D eigenvalue weighted by Gasteiger charge is -2.18. The van der Waals surface area contributed by atoms with Crippen LogP contribution >= 0.6 is 22.9 Å². The standard InChI is InChI=1S/C23H25ClF2N6O3S/c1-32-17(9-18(31-32)35-23(24,25)26)29-11-28-14-6-7-16-15(8-14)19(21(34)27-10-12-2-3-12)22(36-16)30-20(33)13-4-5-13/h9,12-14H,2-8,10H2,1H3,(H,27,34)(H,30,33)/t14-/m0/s1. The van der Waals surface area contributed by atoms with Crippen molar-refractivity contribution in [2.24, 2.45) is 28.9 Å². The summed E-state index contributed by atoms with van der Waals surface area (Å²) in [4.78, 5) is 35.1. The highest BCUT2D eigenvalue weighted by atomic mass is 35.5. The molecule has 0 aromatic carbocycles. The van der Waals surface area contributed by atoms with Crippen molar-refractivity contribution in [2.45, 2.75) is 56.6 Å². The van der Waals surface area contributed by atoms with E-state index in [1.54, 1.807) is 0 Å². The second-order valence-corrected chi connectivity index (χ2v) is 10.9. The zero-order valence-electron chi connectivity index (χ0n) is 19.5. The molecule has 1 atom stereocenters. The van der Waals surface area contributed by atoms with Crippen molar-refractivity contribution in [2.75, 3.05) is 11.9 Å². The predicted molar refractivity (Wildman–Crippen MR) is 131 cm³/mol. The maximum Gasteiger partial charge on any atom is 0.488 e. The van der Waals surface area contributed by atoms with Crippen molar-refractivity contribution in [3.8, 4) is 5.88 Å². The van der Waals surface area contributed by atoms with Crippen molar-refractivity contribution >= 4 is 51.6 Å². The first kappa shape index (κ1) is 24.9. The quantitative estimate of drug-likeness (QED) is 0.362. The van der Waals surface area contributed by atoms with Gasteiger partial charge in [-0.25, -0.2) is 9.67 Å². The lowest BCUT2D eigenvalue weighted by Crippen LogP contribution is -2.28. The molecule has 0 saturated heterocycles. The number of alkyl halides is 3. The van der Waals surface area contributed by atoms with Crippen LogP contribution in [-0.4, -0.2) is 45.8 Å². The summed E-state index contributed by atoms with van der Waals surface area (Å²) in [5.41, 5.74) is -2.43. The maximum atomic E-state index is 13.1. The fourth-order valence-corrected chi connectivity index (χ4v) is 5.40. The summed E-state index contributed by atoms with van der Waals surface area (Å²) < 4.78 is 31.2. The minimum absolute atomic E-state index is 0.0296. The van der Waals surface area contributed by atoms with Gasteiger partial charge in [0.1, 0.15) is 5.00 Å². The van der Waals surface area contributed by atoms with Gasteiger partial charge in [0.15, 0.2) is 5.82 Å². The number of rotatable bonds is 9. The van der Waals surface area contributed by atoms with Gasteiger partial charge in [0, 0.05) is 42.1 Å². The van der Waals surface area contributed by atoms with Gasteiger partial charge in [-0.05, 0) is 56.4 Å². The Bertz CT molecular complexity index is 1240. The third-order valence-electron chi connectivity index (χ3n) is 6.35. The van der Waals surface area contributed by atoms with Crippen molar-refractivity contribution in [3.63, 3.8) is 0 Å². The van der Waals surface area contributed by atoms with Gasteiger partial charge < -0.3 is 15.4 Å². The molecule has 3 aliphatic rings. The molecule has 2 aromatic heterocycles. The topological polar surface area (TPSA) is 110 Å². The number of aromatic nitrogens is 2. The zero-order valence-corrected chi connectivity index (χ0v) is 21.1. The van der Waals surface area contributed by atoms with E-state index < -0.39 is 5.57 Å². The molecule has 0 spiro atoms. The molecule has 13 heteroatoms. The Kier molecular flexibility index (Phi) is 6.84. The highest BCUT2D eigenvalue weighted by Crippen LogP contribution is 2.40. The van der Waals surface area contributed by atoms with E-state index in [-0.39, 0.29) is 35.5 Å². The molecule has 2 aromatic rings. The molecule has 2 fully saturated rings. The number of thiophene rings is 1. The zero-order chi connectivity index (χ0) is 25.4. The molecule has 2 amide bonds. The summed E-state index contributed by atoms with van der Waals surface area (Å²) in [5, 5.41) is 10.4. The smallest absolute Gasteiger partial charge is 0.400 e. The fraction of sp³-hybridized carbons (Fsp3) is 0.565. The van der Waals surface area contributed by atoms with E-state index in [4.69, 9.17) is 11.6 Å². The Labute approximate surface area is 215 Å². The van der Waals surface area contributed by atoms with Crippen molar-refractivity contribution in [3.05, 3.63) is 22.1 Å². The summed E-state index contributed by atoms with van der Waals surface area (Å²) in [6, 6.07) is 3.65. The number of hydrogen-bond donors (Lipinski definition) is 2. The summed E-state index contributed by atoms with van der Waals surface area (Å²) in [6.45, 7) is 0.639. The van der Waals surface area contributed by atoms with Crippen LogP contribution in [0.25, 0.3) is 0 Å². The number of hydrogen-bond acceptors (Lipinski definition) is 7. The molecule has 2 heterocycles. The molecule has 2 saturated carbocycles. The number of halogens is 3. The second-order valence-electron chi connectivity index (χ2n) is 9.37. The third-order valence-corrected chi connectivity index (χ3v) is 7.64. The molecule has 0 aliphatic heterocycles. The Morgan fingerprint density at radius 2 is 2.11 bits per heavy atom. The van der Waals surface area contributed by atoms with Gasteiger partial charge in [-0.1, -0.05) is 0 Å². The van der Waals surface area contributed by atoms with Crippen LogP contribution in [0.15, 0.2) is 16.1 Å². The van der Waals surface area contributed by atoms with Crippen LogP contribution in [0.3, 0.4) is 0 Å². The van der Waals surface area contributed by atoms with E-state index in [2.05, 4.69) is 36.5 Å². The first-order valence-corrected chi connectivity index (χ1v) is 13.0. The molecule has 2 N–H and O–H groups in total. The average molecular weight is 539 g/mol. The lowest BCUT2D eigenvalue weighted by atomic mass is 9.91. The average Bonchev–Trinajstić information content (AvgIpc) is 3.72. The first-order chi connectivity index (χ1) is 17.2. The van der Waals surface area contributed by atoms with Crippen LogP contribution in [-0.2, 0) is 24.7 Å². The third kappa shape index (κ3) is 6.11. The number of nitrogens with one attached hydrogen (secondary N) is 2. The van der Waals surface area contributed by atoms with Gasteiger partial charge in [-0.15, -0.1) is 25.2 Å². The van der Waals surface area contributed by atoms with Crippen LogP contribution in [0.4, 0.5) is 19.6 Å². The minimum atomic E-state index is -3.87. The molecule has 5 rings (SSSR count). The van der Waals surface area contributed by atoms with Gasteiger partial charge >= 0.3 is 5.57 Å². The molecule has 9 nitrogen and oxygen atoms in total. The highest BCUT2D eigenvalue weighted by molar-refractivity contribution is 7.17. The number of carbonyl (C=O) groups excluding carboxylic acids is 2. The first-order valence-electron chi connectivity index (χ1n) is 11.8. The van der Waals surface area contributed by atoms with Crippen LogP contribution < -0.4 is 15.4 Å². The Morgan fingerprint density at radius 1 is 1.33 bits per heavy atom. The van der Waals surface area contributed by atoms with Crippen LogP contribution in [0.5, 0.6) is 5.88 Å². The summed E-state index contributed by atoms with van der Waals surface area (Å²) in [5.74, 6) is 0.220. The van der Waals surface area contributed by atoms with Crippen LogP contribution in [0.2, 0.25) is 0 Å². The molecule has 36 heavy (non-hydrogen) atoms. The van der Waals surface area contributed by atoms with Crippen molar-refractivity contribution in [1.82, 2.24) is 15.1 Å². The number of fused-ring (bicyclic) bond motifs is 1. The van der Waals surface area contributed by atoms with Crippen molar-refractivity contribution in [1.29, 1.82) is 0 Å². The second kappa shape index (κ2) is 9.91. The maximum absolute atomic E-state index is 13.1. The van der Waals surface area contributed by atoms with E-state index in [1.165, 1.54) is 29.1 Å². The summed E-state index contributed by atoms with van der Waals surface area (Å²) in [7, 11) is 1.52. The van der Waals surface area contributed by atoms with Gasteiger partial charge in [0.2, 0.25) is 11.8 Å². The van der Waals surface area contributed by atoms with Gasteiger partial charge in [0.25, 0.3) is 5.91 Å². The number of ether oxygens (including phenoxy) is 1. The molecule has 0 bridgehead atoms. The molecular weight excluding hydrogens is 514 g/mol. The van der Waals surface area contributed by atoms with E-state index in [9.17, 15) is 18.4 Å². The van der Waals surface area contributed by atoms with E-state index >= 15 is 0 Å². The van der Waals surface area contributed by atoms with Crippen LogP contribution in [0.1, 0.15) is 52.9 Å². The fourth-order valence-electron chi connectivity index (χ4n) is 4.08. The minimum Gasteiger partial charge on any atom is -0.400 e. The molecule has 0 unspecified atom stereocenters. The van der Waals surface area contributed by atoms with Crippen molar-refractivity contribution < 1.29 is 23.1 Å². The lowest BCUT2D eigenvalue weighted by molar-refractivity contribution is -0.117. The van der Waals surface area contributed by atoms with Gasteiger partial charge in [-0.3, -0.25) is 9.59 Å². The Balaban J connectivity index is 1.33. The van der Waals surface area contributed by atoms with E-state index in [1.807, 2.05) is 0 Å². The van der Waals surface area contributed by atoms with Crippen LogP contribution in [0, 0.1) is 11.8 Å². The molecular formula is C23H25ClF2N6O3S. The Morgan fingerprint density at radius 3 is 2.81 bits per heavy atom. The molecule has 192 valence electrons. The Hall–Kier alpha value is -2.82.